The van der Waals surface area contributed by atoms with Gasteiger partial charge in [-0.3, -0.25) is 4.90 Å². The average molecular weight is 224 g/mol. The molecule has 0 aromatic carbocycles. The standard InChI is InChI=1S/C14H28N2/c1-12(2)6-10-16-9-4-7-14(16)8-5-13(3)15-11-14/h12-13,15H,4-11H2,1-3H3. The van der Waals surface area contributed by atoms with Gasteiger partial charge in [0.2, 0.25) is 0 Å². The van der Waals surface area contributed by atoms with Crippen molar-refractivity contribution >= 4 is 0 Å². The van der Waals surface area contributed by atoms with Crippen molar-refractivity contribution in [3.63, 3.8) is 0 Å². The Morgan fingerprint density at radius 3 is 2.81 bits per heavy atom. The Balaban J connectivity index is 1.91. The Morgan fingerprint density at radius 1 is 1.38 bits per heavy atom. The van der Waals surface area contributed by atoms with Gasteiger partial charge in [0.05, 0.1) is 0 Å². The lowest BCUT2D eigenvalue weighted by molar-refractivity contribution is 0.0893. The molecule has 0 saturated carbocycles. The molecule has 0 amide bonds. The molecule has 1 N–H and O–H groups in total. The van der Waals surface area contributed by atoms with Gasteiger partial charge >= 0.3 is 0 Å². The summed E-state index contributed by atoms with van der Waals surface area (Å²) in [6.07, 6.45) is 6.97. The molecule has 16 heavy (non-hydrogen) atoms. The third kappa shape index (κ3) is 2.60. The highest BCUT2D eigenvalue weighted by Crippen LogP contribution is 2.36. The minimum absolute atomic E-state index is 0.529. The van der Waals surface area contributed by atoms with Crippen molar-refractivity contribution in [1.82, 2.24) is 10.2 Å². The van der Waals surface area contributed by atoms with E-state index in [0.717, 1.165) is 12.0 Å². The maximum Gasteiger partial charge on any atom is 0.0335 e. The van der Waals surface area contributed by atoms with Crippen LogP contribution in [0.4, 0.5) is 0 Å². The molecule has 0 aliphatic carbocycles. The van der Waals surface area contributed by atoms with Gasteiger partial charge in [-0.2, -0.15) is 0 Å². The van der Waals surface area contributed by atoms with E-state index in [-0.39, 0.29) is 0 Å². The molecule has 0 bridgehead atoms. The van der Waals surface area contributed by atoms with Crippen molar-refractivity contribution in [2.45, 2.75) is 64.5 Å². The first-order valence-corrected chi connectivity index (χ1v) is 7.11. The van der Waals surface area contributed by atoms with E-state index in [9.17, 15) is 0 Å². The molecule has 2 heterocycles. The van der Waals surface area contributed by atoms with Crippen LogP contribution < -0.4 is 5.32 Å². The summed E-state index contributed by atoms with van der Waals surface area (Å²) in [5.74, 6) is 0.841. The molecule has 2 rings (SSSR count). The lowest BCUT2D eigenvalue weighted by Gasteiger charge is -2.44. The Morgan fingerprint density at radius 2 is 2.19 bits per heavy atom. The first-order valence-electron chi connectivity index (χ1n) is 7.11. The van der Waals surface area contributed by atoms with E-state index in [1.54, 1.807) is 0 Å². The Kier molecular flexibility index (Phi) is 3.91. The van der Waals surface area contributed by atoms with Crippen LogP contribution in [0.5, 0.6) is 0 Å². The second kappa shape index (κ2) is 5.05. The van der Waals surface area contributed by atoms with Crippen molar-refractivity contribution in [3.05, 3.63) is 0 Å². The number of likely N-dealkylation sites (tertiary alicyclic amines) is 1. The summed E-state index contributed by atoms with van der Waals surface area (Å²) < 4.78 is 0. The average Bonchev–Trinajstić information content (AvgIpc) is 2.63. The van der Waals surface area contributed by atoms with E-state index < -0.39 is 0 Å². The third-order valence-electron chi connectivity index (χ3n) is 4.54. The first-order chi connectivity index (χ1) is 7.62. The molecule has 2 saturated heterocycles. The minimum atomic E-state index is 0.529. The molecule has 2 fully saturated rings. The highest BCUT2D eigenvalue weighted by molar-refractivity contribution is 5.00. The van der Waals surface area contributed by atoms with Gasteiger partial charge in [0.15, 0.2) is 0 Å². The van der Waals surface area contributed by atoms with E-state index in [0.29, 0.717) is 5.54 Å². The second-order valence-electron chi connectivity index (χ2n) is 6.32. The number of nitrogens with one attached hydrogen (secondary N) is 1. The van der Waals surface area contributed by atoms with E-state index >= 15 is 0 Å². The van der Waals surface area contributed by atoms with Crippen LogP contribution in [-0.4, -0.2) is 36.1 Å². The fourth-order valence-corrected chi connectivity index (χ4v) is 3.28. The Labute approximate surface area is 101 Å². The number of hydrogen-bond donors (Lipinski definition) is 1. The Hall–Kier alpha value is -0.0800. The summed E-state index contributed by atoms with van der Waals surface area (Å²) in [7, 11) is 0. The molecule has 0 aromatic rings. The third-order valence-corrected chi connectivity index (χ3v) is 4.54. The van der Waals surface area contributed by atoms with Crippen molar-refractivity contribution < 1.29 is 0 Å². The summed E-state index contributed by atoms with van der Waals surface area (Å²) >= 11 is 0. The molecular formula is C14H28N2. The van der Waals surface area contributed by atoms with Gasteiger partial charge in [0.1, 0.15) is 0 Å². The van der Waals surface area contributed by atoms with Crippen LogP contribution in [0.2, 0.25) is 0 Å². The maximum atomic E-state index is 3.69. The molecule has 2 aliphatic heterocycles. The topological polar surface area (TPSA) is 15.3 Å². The van der Waals surface area contributed by atoms with Crippen molar-refractivity contribution in [3.8, 4) is 0 Å². The quantitative estimate of drug-likeness (QED) is 0.793. The van der Waals surface area contributed by atoms with Crippen LogP contribution in [0.25, 0.3) is 0 Å². The maximum absolute atomic E-state index is 3.69. The molecule has 0 aromatic heterocycles. The fourth-order valence-electron chi connectivity index (χ4n) is 3.28. The van der Waals surface area contributed by atoms with Crippen LogP contribution in [0.1, 0.15) is 52.9 Å². The predicted molar refractivity (Wildman–Crippen MR) is 69.7 cm³/mol. The summed E-state index contributed by atoms with van der Waals surface area (Å²) in [6, 6.07) is 0.734. The van der Waals surface area contributed by atoms with Gasteiger partial charge in [0.25, 0.3) is 0 Å². The largest absolute Gasteiger partial charge is 0.312 e. The number of hydrogen-bond acceptors (Lipinski definition) is 2. The first kappa shape index (κ1) is 12.4. The SMILES string of the molecule is CC(C)CCN1CCCC12CCC(C)NC2. The lowest BCUT2D eigenvalue weighted by Crippen LogP contribution is -2.56. The van der Waals surface area contributed by atoms with Gasteiger partial charge in [-0.25, -0.2) is 0 Å². The van der Waals surface area contributed by atoms with Gasteiger partial charge in [-0.1, -0.05) is 13.8 Å². The van der Waals surface area contributed by atoms with Crippen LogP contribution in [-0.2, 0) is 0 Å². The monoisotopic (exact) mass is 224 g/mol. The van der Waals surface area contributed by atoms with Gasteiger partial charge in [-0.15, -0.1) is 0 Å². The van der Waals surface area contributed by atoms with E-state index in [1.807, 2.05) is 0 Å². The number of nitrogens with zero attached hydrogens (tertiary/aromatic N) is 1. The predicted octanol–water partition coefficient (Wildman–Crippen LogP) is 2.64. The Bertz CT molecular complexity index is 217. The molecule has 1 spiro atoms. The zero-order valence-corrected chi connectivity index (χ0v) is 11.3. The molecule has 2 nitrogen and oxygen atoms in total. The van der Waals surface area contributed by atoms with E-state index in [2.05, 4.69) is 31.0 Å². The van der Waals surface area contributed by atoms with Crippen LogP contribution in [0.15, 0.2) is 0 Å². The molecular weight excluding hydrogens is 196 g/mol. The minimum Gasteiger partial charge on any atom is -0.312 e. The second-order valence-corrected chi connectivity index (χ2v) is 6.32. The van der Waals surface area contributed by atoms with E-state index in [1.165, 1.54) is 51.7 Å². The van der Waals surface area contributed by atoms with Crippen molar-refractivity contribution in [1.29, 1.82) is 0 Å². The van der Waals surface area contributed by atoms with E-state index in [4.69, 9.17) is 0 Å². The zero-order valence-electron chi connectivity index (χ0n) is 11.3. The van der Waals surface area contributed by atoms with Crippen molar-refractivity contribution in [2.24, 2.45) is 5.92 Å². The highest BCUT2D eigenvalue weighted by Gasteiger charge is 2.42. The lowest BCUT2D eigenvalue weighted by atomic mass is 9.85. The summed E-state index contributed by atoms with van der Waals surface area (Å²) in [5.41, 5.74) is 0.529. The number of piperidine rings is 1. The normalized spacial score (nSPS) is 36.4. The fraction of sp³-hybridized carbons (Fsp3) is 1.00. The summed E-state index contributed by atoms with van der Waals surface area (Å²) in [6.45, 7) is 10.9. The van der Waals surface area contributed by atoms with Crippen LogP contribution in [0.3, 0.4) is 0 Å². The van der Waals surface area contributed by atoms with Crippen LogP contribution >= 0.6 is 0 Å². The molecule has 2 heteroatoms. The smallest absolute Gasteiger partial charge is 0.0335 e. The van der Waals surface area contributed by atoms with Crippen molar-refractivity contribution in [2.75, 3.05) is 19.6 Å². The molecule has 2 unspecified atom stereocenters. The van der Waals surface area contributed by atoms with Gasteiger partial charge < -0.3 is 5.32 Å². The van der Waals surface area contributed by atoms with Gasteiger partial charge in [-0.05, 0) is 58.0 Å². The molecule has 94 valence electrons. The molecule has 2 aliphatic rings. The zero-order chi connectivity index (χ0) is 11.6. The van der Waals surface area contributed by atoms with Crippen LogP contribution in [0, 0.1) is 5.92 Å². The molecule has 0 radical (unpaired) electrons. The summed E-state index contributed by atoms with van der Waals surface area (Å²) in [5, 5.41) is 3.69. The van der Waals surface area contributed by atoms with Gasteiger partial charge in [0, 0.05) is 18.1 Å². The number of rotatable bonds is 3. The molecule has 2 atom stereocenters. The summed E-state index contributed by atoms with van der Waals surface area (Å²) in [4.78, 5) is 2.78. The highest BCUT2D eigenvalue weighted by atomic mass is 15.2.